The Morgan fingerprint density at radius 1 is 1.22 bits per heavy atom. The van der Waals surface area contributed by atoms with Gasteiger partial charge in [-0.15, -0.1) is 0 Å². The second-order valence-electron chi connectivity index (χ2n) is 2.95. The zero-order chi connectivity index (χ0) is 7.33. The van der Waals surface area contributed by atoms with Crippen molar-refractivity contribution in [2.75, 3.05) is 13.2 Å². The second-order valence-corrected chi connectivity index (χ2v) is 3.53. The summed E-state index contributed by atoms with van der Waals surface area (Å²) in [5.74, 6) is 0. The molecular weight excluding hydrogens is 132 g/mol. The minimum absolute atomic E-state index is 0.0138. The van der Waals surface area contributed by atoms with E-state index in [1.165, 1.54) is 0 Å². The quantitative estimate of drug-likeness (QED) is 0.417. The van der Waals surface area contributed by atoms with Gasteiger partial charge in [0.15, 0.2) is 0 Å². The third-order valence-corrected chi connectivity index (χ3v) is 1.23. The smallest absolute Gasteiger partial charge is 0.146 e. The van der Waals surface area contributed by atoms with Crippen LogP contribution in [0.25, 0.3) is 0 Å². The minimum Gasteiger partial charge on any atom is -0.426 e. The standard InChI is InChI=1S/C6H16O2Si/c1-6(2,3)7-4-5-8-9/h4-5H2,1-3,9H3. The molecule has 0 aliphatic carbocycles. The molecule has 0 saturated carbocycles. The Morgan fingerprint density at radius 3 is 2.11 bits per heavy atom. The number of rotatable bonds is 3. The monoisotopic (exact) mass is 148 g/mol. The highest BCUT2D eigenvalue weighted by molar-refractivity contribution is 5.97. The van der Waals surface area contributed by atoms with E-state index in [1.54, 1.807) is 0 Å². The first kappa shape index (κ1) is 9.14. The first-order valence-corrected chi connectivity index (χ1v) is 4.01. The summed E-state index contributed by atoms with van der Waals surface area (Å²) in [4.78, 5) is 0. The fourth-order valence-corrected chi connectivity index (χ4v) is 0.598. The lowest BCUT2D eigenvalue weighted by atomic mass is 10.2. The maximum Gasteiger partial charge on any atom is 0.146 e. The fourth-order valence-electron chi connectivity index (χ4n) is 0.431. The highest BCUT2D eigenvalue weighted by Gasteiger charge is 2.08. The summed E-state index contributed by atoms with van der Waals surface area (Å²) >= 11 is 0. The minimum atomic E-state index is -0.0138. The number of hydrogen-bond acceptors (Lipinski definition) is 2. The second kappa shape index (κ2) is 4.03. The molecule has 0 bridgehead atoms. The summed E-state index contributed by atoms with van der Waals surface area (Å²) in [5.41, 5.74) is -0.0138. The Balaban J connectivity index is 3.07. The first-order chi connectivity index (χ1) is 4.06. The van der Waals surface area contributed by atoms with E-state index < -0.39 is 0 Å². The molecule has 0 saturated heterocycles. The topological polar surface area (TPSA) is 18.5 Å². The van der Waals surface area contributed by atoms with Gasteiger partial charge in [0.1, 0.15) is 10.5 Å². The maximum atomic E-state index is 5.37. The molecule has 0 atom stereocenters. The van der Waals surface area contributed by atoms with Crippen LogP contribution in [0.3, 0.4) is 0 Å². The lowest BCUT2D eigenvalue weighted by Crippen LogP contribution is -2.21. The van der Waals surface area contributed by atoms with E-state index in [9.17, 15) is 0 Å². The summed E-state index contributed by atoms with van der Waals surface area (Å²) in [7, 11) is 0.810. The molecule has 0 amide bonds. The van der Waals surface area contributed by atoms with Gasteiger partial charge in [-0.05, 0) is 20.8 Å². The van der Waals surface area contributed by atoms with Gasteiger partial charge >= 0.3 is 0 Å². The van der Waals surface area contributed by atoms with Crippen molar-refractivity contribution in [1.82, 2.24) is 0 Å². The number of ether oxygens (including phenoxy) is 1. The van der Waals surface area contributed by atoms with Crippen LogP contribution >= 0.6 is 0 Å². The molecule has 0 aliphatic heterocycles. The SMILES string of the molecule is CC(C)(C)OCCO[SiH3]. The molecule has 3 heteroatoms. The Morgan fingerprint density at radius 2 is 1.78 bits per heavy atom. The van der Waals surface area contributed by atoms with E-state index in [4.69, 9.17) is 9.16 Å². The van der Waals surface area contributed by atoms with Crippen molar-refractivity contribution >= 4 is 10.5 Å². The van der Waals surface area contributed by atoms with E-state index >= 15 is 0 Å². The van der Waals surface area contributed by atoms with Gasteiger partial charge in [0, 0.05) is 0 Å². The van der Waals surface area contributed by atoms with Crippen LogP contribution in [0.1, 0.15) is 20.8 Å². The van der Waals surface area contributed by atoms with Gasteiger partial charge in [0.25, 0.3) is 0 Å². The van der Waals surface area contributed by atoms with Gasteiger partial charge in [-0.2, -0.15) is 0 Å². The molecule has 0 aromatic heterocycles. The molecular formula is C6H16O2Si. The predicted octanol–water partition coefficient (Wildman–Crippen LogP) is 0.0985. The van der Waals surface area contributed by atoms with Crippen molar-refractivity contribution in [2.45, 2.75) is 26.4 Å². The molecule has 2 nitrogen and oxygen atoms in total. The summed E-state index contributed by atoms with van der Waals surface area (Å²) in [6.45, 7) is 7.58. The highest BCUT2D eigenvalue weighted by atomic mass is 28.2. The molecule has 0 rings (SSSR count). The third kappa shape index (κ3) is 8.14. The third-order valence-electron chi connectivity index (χ3n) is 0.823. The van der Waals surface area contributed by atoms with Gasteiger partial charge in [0.05, 0.1) is 18.8 Å². The Labute approximate surface area is 60.1 Å². The van der Waals surface area contributed by atoms with Crippen molar-refractivity contribution in [3.8, 4) is 0 Å². The average Bonchev–Trinajstić information content (AvgIpc) is 1.63. The zero-order valence-electron chi connectivity index (χ0n) is 6.73. The van der Waals surface area contributed by atoms with Crippen LogP contribution in [0.2, 0.25) is 0 Å². The van der Waals surface area contributed by atoms with Crippen molar-refractivity contribution < 1.29 is 9.16 Å². The van der Waals surface area contributed by atoms with Gasteiger partial charge in [0.2, 0.25) is 0 Å². The normalized spacial score (nSPS) is 12.3. The van der Waals surface area contributed by atoms with E-state index in [-0.39, 0.29) is 5.60 Å². The van der Waals surface area contributed by atoms with E-state index in [0.717, 1.165) is 17.1 Å². The largest absolute Gasteiger partial charge is 0.426 e. The molecule has 0 N–H and O–H groups in total. The average molecular weight is 148 g/mol. The molecule has 0 unspecified atom stereocenters. The lowest BCUT2D eigenvalue weighted by Gasteiger charge is -2.18. The van der Waals surface area contributed by atoms with E-state index in [2.05, 4.69) is 0 Å². The molecule has 0 fully saturated rings. The number of hydrogen-bond donors (Lipinski definition) is 0. The molecule has 56 valence electrons. The molecule has 0 aliphatic rings. The van der Waals surface area contributed by atoms with E-state index in [1.807, 2.05) is 20.8 Å². The van der Waals surface area contributed by atoms with Gasteiger partial charge in [-0.25, -0.2) is 0 Å². The Bertz CT molecular complexity index is 67.9. The first-order valence-electron chi connectivity index (χ1n) is 3.19. The Hall–Kier alpha value is 0.137. The van der Waals surface area contributed by atoms with Crippen LogP contribution in [0.5, 0.6) is 0 Å². The summed E-state index contributed by atoms with van der Waals surface area (Å²) in [5, 5.41) is 0. The van der Waals surface area contributed by atoms with E-state index in [0.29, 0.717) is 6.61 Å². The van der Waals surface area contributed by atoms with Crippen LogP contribution in [-0.4, -0.2) is 29.3 Å². The summed E-state index contributed by atoms with van der Waals surface area (Å²) in [6, 6.07) is 0. The van der Waals surface area contributed by atoms with Gasteiger partial charge in [-0.1, -0.05) is 0 Å². The van der Waals surface area contributed by atoms with Gasteiger partial charge < -0.3 is 9.16 Å². The lowest BCUT2D eigenvalue weighted by molar-refractivity contribution is -0.0154. The van der Waals surface area contributed by atoms with Crippen molar-refractivity contribution in [2.24, 2.45) is 0 Å². The van der Waals surface area contributed by atoms with Crippen LogP contribution in [0.15, 0.2) is 0 Å². The molecule has 9 heavy (non-hydrogen) atoms. The van der Waals surface area contributed by atoms with Crippen molar-refractivity contribution in [3.05, 3.63) is 0 Å². The maximum absolute atomic E-state index is 5.37. The summed E-state index contributed by atoms with van der Waals surface area (Å²) in [6.07, 6.45) is 0. The fraction of sp³-hybridized carbons (Fsp3) is 1.00. The molecule has 0 aromatic carbocycles. The molecule has 0 radical (unpaired) electrons. The van der Waals surface area contributed by atoms with Crippen molar-refractivity contribution in [3.63, 3.8) is 0 Å². The van der Waals surface area contributed by atoms with Gasteiger partial charge in [-0.3, -0.25) is 0 Å². The van der Waals surface area contributed by atoms with Crippen molar-refractivity contribution in [1.29, 1.82) is 0 Å². The van der Waals surface area contributed by atoms with Crippen LogP contribution in [-0.2, 0) is 9.16 Å². The summed E-state index contributed by atoms with van der Waals surface area (Å²) < 4.78 is 10.3. The van der Waals surface area contributed by atoms with Crippen LogP contribution < -0.4 is 0 Å². The molecule has 0 heterocycles. The molecule has 0 spiro atoms. The van der Waals surface area contributed by atoms with Crippen LogP contribution in [0.4, 0.5) is 0 Å². The Kier molecular flexibility index (Phi) is 4.09. The predicted molar refractivity (Wildman–Crippen MR) is 41.6 cm³/mol. The molecule has 0 aromatic rings. The highest BCUT2D eigenvalue weighted by Crippen LogP contribution is 2.05. The van der Waals surface area contributed by atoms with Crippen LogP contribution in [0, 0.1) is 0 Å². The zero-order valence-corrected chi connectivity index (χ0v) is 8.73.